The van der Waals surface area contributed by atoms with Crippen molar-refractivity contribution in [1.82, 2.24) is 25.4 Å². The molecular weight excluding hydrogens is 308 g/mol. The molecule has 0 aliphatic heterocycles. The summed E-state index contributed by atoms with van der Waals surface area (Å²) in [6.45, 7) is 9.64. The smallest absolute Gasteiger partial charge is 0.191 e. The van der Waals surface area contributed by atoms with E-state index in [0.717, 1.165) is 44.4 Å². The second-order valence-electron chi connectivity index (χ2n) is 5.36. The van der Waals surface area contributed by atoms with Gasteiger partial charge in [-0.15, -0.1) is 21.5 Å². The van der Waals surface area contributed by atoms with E-state index in [-0.39, 0.29) is 0 Å². The van der Waals surface area contributed by atoms with Gasteiger partial charge in [0, 0.05) is 36.9 Å². The predicted octanol–water partition coefficient (Wildman–Crippen LogP) is 2.26. The Morgan fingerprint density at radius 3 is 2.96 bits per heavy atom. The normalized spacial score (nSPS) is 13.1. The summed E-state index contributed by atoms with van der Waals surface area (Å²) < 4.78 is 2.07. The molecule has 126 valence electrons. The zero-order chi connectivity index (χ0) is 16.5. The summed E-state index contributed by atoms with van der Waals surface area (Å²) in [5.41, 5.74) is 0. The lowest BCUT2D eigenvalue weighted by molar-refractivity contribution is 0.631. The van der Waals surface area contributed by atoms with Crippen LogP contribution < -0.4 is 10.6 Å². The molecule has 1 unspecified atom stereocenters. The highest BCUT2D eigenvalue weighted by Gasteiger charge is 2.07. The first kappa shape index (κ1) is 17.5. The van der Waals surface area contributed by atoms with Crippen LogP contribution in [0.5, 0.6) is 0 Å². The largest absolute Gasteiger partial charge is 0.357 e. The van der Waals surface area contributed by atoms with Gasteiger partial charge >= 0.3 is 0 Å². The molecule has 2 N–H and O–H groups in total. The fraction of sp³-hybridized carbons (Fsp3) is 0.562. The number of thiophene rings is 1. The second kappa shape index (κ2) is 9.29. The Balaban J connectivity index is 1.84. The van der Waals surface area contributed by atoms with Gasteiger partial charge < -0.3 is 15.2 Å². The number of guanidine groups is 1. The van der Waals surface area contributed by atoms with Gasteiger partial charge in [0.05, 0.1) is 6.54 Å². The van der Waals surface area contributed by atoms with Crippen LogP contribution in [-0.2, 0) is 13.0 Å². The van der Waals surface area contributed by atoms with Gasteiger partial charge in [0.2, 0.25) is 0 Å². The van der Waals surface area contributed by atoms with Crippen LogP contribution in [0.1, 0.15) is 37.4 Å². The molecule has 1 atom stereocenters. The molecule has 2 aromatic heterocycles. The van der Waals surface area contributed by atoms with Crippen molar-refractivity contribution in [3.8, 4) is 0 Å². The number of nitrogens with one attached hydrogen (secondary N) is 2. The maximum Gasteiger partial charge on any atom is 0.191 e. The van der Waals surface area contributed by atoms with E-state index in [1.807, 2.05) is 0 Å². The van der Waals surface area contributed by atoms with Gasteiger partial charge in [-0.2, -0.15) is 0 Å². The van der Waals surface area contributed by atoms with Crippen LogP contribution in [0.25, 0.3) is 0 Å². The van der Waals surface area contributed by atoms with Gasteiger partial charge in [-0.1, -0.05) is 19.9 Å². The highest BCUT2D eigenvalue weighted by Crippen LogP contribution is 2.20. The number of rotatable bonds is 8. The van der Waals surface area contributed by atoms with E-state index < -0.39 is 0 Å². The van der Waals surface area contributed by atoms with Crippen molar-refractivity contribution < 1.29 is 0 Å². The predicted molar refractivity (Wildman–Crippen MR) is 96.1 cm³/mol. The Bertz CT molecular complexity index is 589. The standard InChI is InChI=1S/C16H26N6S/c1-4-15-21-20-12-22(15)9-8-18-16(17-5-2)19-11-13(3)14-7-6-10-23-14/h6-7,10,12-13H,4-5,8-9,11H2,1-3H3,(H2,17,18,19). The quantitative estimate of drug-likeness (QED) is 0.574. The van der Waals surface area contributed by atoms with Crippen molar-refractivity contribution in [1.29, 1.82) is 0 Å². The second-order valence-corrected chi connectivity index (χ2v) is 6.34. The molecule has 0 aliphatic carbocycles. The van der Waals surface area contributed by atoms with Crippen LogP contribution in [-0.4, -0.2) is 40.4 Å². The minimum absolute atomic E-state index is 0.440. The Morgan fingerprint density at radius 2 is 2.26 bits per heavy atom. The van der Waals surface area contributed by atoms with Crippen molar-refractivity contribution in [2.45, 2.75) is 39.7 Å². The topological polar surface area (TPSA) is 67.1 Å². The fourth-order valence-electron chi connectivity index (χ4n) is 2.27. The lowest BCUT2D eigenvalue weighted by Crippen LogP contribution is -2.39. The number of hydrogen-bond acceptors (Lipinski definition) is 4. The lowest BCUT2D eigenvalue weighted by Gasteiger charge is -2.13. The molecule has 7 heteroatoms. The third-order valence-corrected chi connectivity index (χ3v) is 4.66. The minimum atomic E-state index is 0.440. The maximum atomic E-state index is 4.69. The summed E-state index contributed by atoms with van der Waals surface area (Å²) in [6.07, 6.45) is 2.68. The zero-order valence-electron chi connectivity index (χ0n) is 14.1. The highest BCUT2D eigenvalue weighted by atomic mass is 32.1. The summed E-state index contributed by atoms with van der Waals surface area (Å²) in [5, 5.41) is 16.8. The molecule has 0 aromatic carbocycles. The van der Waals surface area contributed by atoms with Crippen molar-refractivity contribution in [2.75, 3.05) is 19.6 Å². The Hall–Kier alpha value is -1.89. The average molecular weight is 334 g/mol. The number of aliphatic imine (C=N–C) groups is 1. The Kier molecular flexibility index (Phi) is 7.06. The Morgan fingerprint density at radius 1 is 1.39 bits per heavy atom. The monoisotopic (exact) mass is 334 g/mol. The molecule has 2 heterocycles. The number of aryl methyl sites for hydroxylation is 1. The fourth-order valence-corrected chi connectivity index (χ4v) is 3.04. The van der Waals surface area contributed by atoms with Gasteiger partial charge in [-0.3, -0.25) is 4.99 Å². The SMILES string of the molecule is CCNC(=NCC(C)c1cccs1)NCCn1cnnc1CC. The van der Waals surface area contributed by atoms with Crippen LogP contribution in [0.4, 0.5) is 0 Å². The first-order valence-corrected chi connectivity index (χ1v) is 9.04. The van der Waals surface area contributed by atoms with Crippen molar-refractivity contribution in [3.63, 3.8) is 0 Å². The van der Waals surface area contributed by atoms with E-state index in [9.17, 15) is 0 Å². The third kappa shape index (κ3) is 5.35. The molecule has 0 amide bonds. The average Bonchev–Trinajstić information content (AvgIpc) is 3.23. The third-order valence-electron chi connectivity index (χ3n) is 3.55. The lowest BCUT2D eigenvalue weighted by atomic mass is 10.1. The van der Waals surface area contributed by atoms with Gasteiger partial charge in [0.1, 0.15) is 12.2 Å². The van der Waals surface area contributed by atoms with Crippen LogP contribution in [0, 0.1) is 0 Å². The summed E-state index contributed by atoms with van der Waals surface area (Å²) in [7, 11) is 0. The van der Waals surface area contributed by atoms with Crippen molar-refractivity contribution in [3.05, 3.63) is 34.5 Å². The summed E-state index contributed by atoms with van der Waals surface area (Å²) >= 11 is 1.79. The summed E-state index contributed by atoms with van der Waals surface area (Å²) in [4.78, 5) is 6.07. The van der Waals surface area contributed by atoms with E-state index >= 15 is 0 Å². The molecule has 6 nitrogen and oxygen atoms in total. The Labute approximate surface area is 142 Å². The molecule has 0 saturated heterocycles. The maximum absolute atomic E-state index is 4.69. The van der Waals surface area contributed by atoms with Crippen molar-refractivity contribution >= 4 is 17.3 Å². The van der Waals surface area contributed by atoms with Crippen LogP contribution in [0.15, 0.2) is 28.8 Å². The van der Waals surface area contributed by atoms with Crippen molar-refractivity contribution in [2.24, 2.45) is 4.99 Å². The molecule has 2 rings (SSSR count). The van der Waals surface area contributed by atoms with E-state index in [1.54, 1.807) is 17.7 Å². The van der Waals surface area contributed by atoms with Crippen LogP contribution in [0.2, 0.25) is 0 Å². The van der Waals surface area contributed by atoms with E-state index in [0.29, 0.717) is 5.92 Å². The van der Waals surface area contributed by atoms with Gasteiger partial charge in [0.25, 0.3) is 0 Å². The zero-order valence-corrected chi connectivity index (χ0v) is 14.9. The minimum Gasteiger partial charge on any atom is -0.357 e. The molecule has 0 bridgehead atoms. The molecule has 2 aromatic rings. The number of nitrogens with zero attached hydrogens (tertiary/aromatic N) is 4. The molecule has 0 aliphatic rings. The summed E-state index contributed by atoms with van der Waals surface area (Å²) in [6, 6.07) is 4.26. The van der Waals surface area contributed by atoms with Crippen LogP contribution >= 0.6 is 11.3 Å². The molecule has 0 spiro atoms. The molecule has 0 saturated carbocycles. The number of hydrogen-bond donors (Lipinski definition) is 2. The molecule has 0 fully saturated rings. The molecule has 0 radical (unpaired) electrons. The first-order valence-electron chi connectivity index (χ1n) is 8.16. The summed E-state index contributed by atoms with van der Waals surface area (Å²) in [5.74, 6) is 2.32. The molecular formula is C16H26N6S. The molecule has 23 heavy (non-hydrogen) atoms. The van der Waals surface area contributed by atoms with E-state index in [1.165, 1.54) is 4.88 Å². The van der Waals surface area contributed by atoms with Crippen LogP contribution in [0.3, 0.4) is 0 Å². The van der Waals surface area contributed by atoms with Gasteiger partial charge in [-0.05, 0) is 18.4 Å². The number of aromatic nitrogens is 3. The first-order chi connectivity index (χ1) is 11.2. The highest BCUT2D eigenvalue weighted by molar-refractivity contribution is 7.10. The van der Waals surface area contributed by atoms with E-state index in [4.69, 9.17) is 4.99 Å². The van der Waals surface area contributed by atoms with Gasteiger partial charge in [0.15, 0.2) is 5.96 Å². The van der Waals surface area contributed by atoms with E-state index in [2.05, 4.69) is 63.7 Å². The van der Waals surface area contributed by atoms with Gasteiger partial charge in [-0.25, -0.2) is 0 Å².